The Balaban J connectivity index is 2.43. The van der Waals surface area contributed by atoms with Gasteiger partial charge >= 0.3 is 0 Å². The van der Waals surface area contributed by atoms with E-state index in [1.165, 1.54) is 0 Å². The summed E-state index contributed by atoms with van der Waals surface area (Å²) in [6.45, 7) is 3.90. The molecule has 1 unspecified atom stereocenters. The van der Waals surface area contributed by atoms with Crippen molar-refractivity contribution in [1.82, 2.24) is 14.9 Å². The first kappa shape index (κ1) is 14.2. The number of rotatable bonds is 6. The fourth-order valence-corrected chi connectivity index (χ4v) is 2.63. The average molecular weight is 282 g/mol. The van der Waals surface area contributed by atoms with Crippen LogP contribution in [0.3, 0.4) is 0 Å². The lowest BCUT2D eigenvalue weighted by Gasteiger charge is -2.11. The smallest absolute Gasteiger partial charge is 0.204 e. The molecule has 0 aliphatic carbocycles. The second-order valence-corrected chi connectivity index (χ2v) is 5.48. The van der Waals surface area contributed by atoms with Gasteiger partial charge < -0.3 is 9.88 Å². The summed E-state index contributed by atoms with van der Waals surface area (Å²) in [6.07, 6.45) is 2.12. The summed E-state index contributed by atoms with van der Waals surface area (Å²) < 4.78 is 1.80. The van der Waals surface area contributed by atoms with Crippen LogP contribution in [0.2, 0.25) is 10.4 Å². The van der Waals surface area contributed by atoms with Crippen molar-refractivity contribution in [2.24, 2.45) is 13.0 Å². The Morgan fingerprint density at radius 2 is 2.19 bits per heavy atom. The van der Waals surface area contributed by atoms with E-state index < -0.39 is 0 Å². The Hall–Kier alpha value is 0.1000. The van der Waals surface area contributed by atoms with Crippen molar-refractivity contribution >= 4 is 35.0 Å². The van der Waals surface area contributed by atoms with Crippen molar-refractivity contribution in [2.45, 2.75) is 13.5 Å². The molecular formula is C10H17Cl2N3S. The van der Waals surface area contributed by atoms with E-state index in [9.17, 15) is 0 Å². The molecule has 16 heavy (non-hydrogen) atoms. The van der Waals surface area contributed by atoms with Gasteiger partial charge in [0.05, 0.1) is 5.69 Å². The van der Waals surface area contributed by atoms with Crippen molar-refractivity contribution < 1.29 is 0 Å². The van der Waals surface area contributed by atoms with Crippen molar-refractivity contribution in [3.63, 3.8) is 0 Å². The number of nitrogens with one attached hydrogen (secondary N) is 1. The lowest BCUT2D eigenvalue weighted by molar-refractivity contribution is 0.549. The highest BCUT2D eigenvalue weighted by molar-refractivity contribution is 7.98. The molecule has 92 valence electrons. The van der Waals surface area contributed by atoms with Gasteiger partial charge in [-0.15, -0.1) is 0 Å². The third-order valence-corrected chi connectivity index (χ3v) is 3.89. The third-order valence-electron chi connectivity index (χ3n) is 2.35. The minimum absolute atomic E-state index is 0.430. The highest BCUT2D eigenvalue weighted by Crippen LogP contribution is 2.19. The van der Waals surface area contributed by atoms with Crippen LogP contribution in [0.4, 0.5) is 0 Å². The molecule has 3 nitrogen and oxygen atoms in total. The molecule has 0 saturated carbocycles. The third kappa shape index (κ3) is 3.84. The Kier molecular flexibility index (Phi) is 5.97. The zero-order chi connectivity index (χ0) is 12.1. The molecule has 0 radical (unpaired) electrons. The molecule has 0 amide bonds. The van der Waals surface area contributed by atoms with Crippen LogP contribution < -0.4 is 5.32 Å². The molecule has 1 aromatic rings. The van der Waals surface area contributed by atoms with Gasteiger partial charge in [-0.1, -0.05) is 18.5 Å². The van der Waals surface area contributed by atoms with E-state index in [1.54, 1.807) is 4.57 Å². The van der Waals surface area contributed by atoms with E-state index in [2.05, 4.69) is 23.5 Å². The Morgan fingerprint density at radius 3 is 2.69 bits per heavy atom. The second-order valence-electron chi connectivity index (χ2n) is 3.87. The number of hydrogen-bond donors (Lipinski definition) is 1. The summed E-state index contributed by atoms with van der Waals surface area (Å²) in [7, 11) is 1.86. The molecule has 0 bridgehead atoms. The van der Waals surface area contributed by atoms with Gasteiger partial charge in [-0.3, -0.25) is 0 Å². The molecular weight excluding hydrogens is 265 g/mol. The average Bonchev–Trinajstić information content (AvgIpc) is 2.45. The first-order valence-corrected chi connectivity index (χ1v) is 7.27. The summed E-state index contributed by atoms with van der Waals surface area (Å²) in [4.78, 5) is 3.99. The fourth-order valence-electron chi connectivity index (χ4n) is 1.44. The standard InChI is InChI=1S/C10H17Cl2N3S/c1-7(6-16-3)4-13-5-8-9(11)14-10(12)15(8)2/h7,13H,4-6H2,1-3H3. The summed E-state index contributed by atoms with van der Waals surface area (Å²) in [5.41, 5.74) is 0.933. The van der Waals surface area contributed by atoms with Crippen LogP contribution in [0.1, 0.15) is 12.6 Å². The van der Waals surface area contributed by atoms with Crippen molar-refractivity contribution in [2.75, 3.05) is 18.6 Å². The lowest BCUT2D eigenvalue weighted by Crippen LogP contribution is -2.23. The summed E-state index contributed by atoms with van der Waals surface area (Å²) in [5.74, 6) is 1.81. The Morgan fingerprint density at radius 1 is 1.50 bits per heavy atom. The number of imidazole rings is 1. The van der Waals surface area contributed by atoms with Gasteiger partial charge in [0.15, 0.2) is 5.15 Å². The normalized spacial score (nSPS) is 13.1. The topological polar surface area (TPSA) is 29.9 Å². The summed E-state index contributed by atoms with van der Waals surface area (Å²) in [5, 5.41) is 4.28. The van der Waals surface area contributed by atoms with Crippen molar-refractivity contribution in [3.8, 4) is 0 Å². The van der Waals surface area contributed by atoms with Gasteiger partial charge in [-0.2, -0.15) is 11.8 Å². The van der Waals surface area contributed by atoms with E-state index in [0.717, 1.165) is 18.0 Å². The lowest BCUT2D eigenvalue weighted by atomic mass is 10.2. The zero-order valence-electron chi connectivity index (χ0n) is 9.76. The van der Waals surface area contributed by atoms with Crippen LogP contribution in [0.25, 0.3) is 0 Å². The van der Waals surface area contributed by atoms with Crippen LogP contribution >= 0.6 is 35.0 Å². The molecule has 1 heterocycles. The molecule has 6 heteroatoms. The molecule has 0 fully saturated rings. The van der Waals surface area contributed by atoms with E-state index in [-0.39, 0.29) is 0 Å². The second kappa shape index (κ2) is 6.74. The van der Waals surface area contributed by atoms with Gasteiger partial charge in [0, 0.05) is 13.6 Å². The number of aromatic nitrogens is 2. The maximum Gasteiger partial charge on any atom is 0.204 e. The first-order valence-electron chi connectivity index (χ1n) is 5.12. The van der Waals surface area contributed by atoms with Crippen LogP contribution in [-0.4, -0.2) is 28.1 Å². The molecule has 0 aliphatic rings. The molecule has 1 atom stereocenters. The van der Waals surface area contributed by atoms with Gasteiger partial charge in [-0.05, 0) is 36.1 Å². The predicted octanol–water partition coefficient (Wildman–Crippen LogP) is 2.82. The van der Waals surface area contributed by atoms with Gasteiger partial charge in [-0.25, -0.2) is 4.98 Å². The molecule has 0 spiro atoms. The van der Waals surface area contributed by atoms with E-state index in [1.807, 2.05) is 18.8 Å². The highest BCUT2D eigenvalue weighted by atomic mass is 35.5. The van der Waals surface area contributed by atoms with Crippen LogP contribution in [0.15, 0.2) is 0 Å². The van der Waals surface area contributed by atoms with Crippen molar-refractivity contribution in [1.29, 1.82) is 0 Å². The first-order chi connectivity index (χ1) is 7.56. The monoisotopic (exact) mass is 281 g/mol. The quantitative estimate of drug-likeness (QED) is 0.870. The summed E-state index contributed by atoms with van der Waals surface area (Å²) in [6, 6.07) is 0. The SMILES string of the molecule is CSCC(C)CNCc1c(Cl)nc(Cl)n1C. The van der Waals surface area contributed by atoms with E-state index in [4.69, 9.17) is 23.2 Å². The number of nitrogens with zero attached hydrogens (tertiary/aromatic N) is 2. The van der Waals surface area contributed by atoms with Crippen LogP contribution in [-0.2, 0) is 13.6 Å². The Bertz CT molecular complexity index is 341. The fraction of sp³-hybridized carbons (Fsp3) is 0.700. The Labute approximate surface area is 111 Å². The molecule has 1 N–H and O–H groups in total. The largest absolute Gasteiger partial charge is 0.319 e. The number of halogens is 2. The van der Waals surface area contributed by atoms with Crippen molar-refractivity contribution in [3.05, 3.63) is 16.1 Å². The molecule has 0 aliphatic heterocycles. The van der Waals surface area contributed by atoms with Gasteiger partial charge in [0.25, 0.3) is 0 Å². The maximum atomic E-state index is 5.97. The number of thioether (sulfide) groups is 1. The minimum Gasteiger partial charge on any atom is -0.319 e. The summed E-state index contributed by atoms with van der Waals surface area (Å²) >= 11 is 13.7. The van der Waals surface area contributed by atoms with Crippen LogP contribution in [0, 0.1) is 5.92 Å². The van der Waals surface area contributed by atoms with Gasteiger partial charge in [0.1, 0.15) is 0 Å². The minimum atomic E-state index is 0.430. The zero-order valence-corrected chi connectivity index (χ0v) is 12.1. The molecule has 0 aromatic carbocycles. The predicted molar refractivity (Wildman–Crippen MR) is 72.5 cm³/mol. The highest BCUT2D eigenvalue weighted by Gasteiger charge is 2.11. The van der Waals surface area contributed by atoms with E-state index >= 15 is 0 Å². The molecule has 1 rings (SSSR count). The van der Waals surface area contributed by atoms with Crippen LogP contribution in [0.5, 0.6) is 0 Å². The molecule has 1 aromatic heterocycles. The van der Waals surface area contributed by atoms with Gasteiger partial charge in [0.2, 0.25) is 5.28 Å². The van der Waals surface area contributed by atoms with E-state index in [0.29, 0.717) is 22.9 Å². The maximum absolute atomic E-state index is 5.97. The number of hydrogen-bond acceptors (Lipinski definition) is 3. The molecule has 0 saturated heterocycles.